The van der Waals surface area contributed by atoms with E-state index >= 15 is 0 Å². The van der Waals surface area contributed by atoms with E-state index in [-0.39, 0.29) is 12.2 Å². The maximum atomic E-state index is 12.4. The molecule has 0 saturated carbocycles. The molecular weight excluding hydrogens is 334 g/mol. The molecule has 6 heteroatoms. The van der Waals surface area contributed by atoms with E-state index in [0.717, 1.165) is 11.1 Å². The fraction of sp³-hybridized carbons (Fsp3) is 0.200. The van der Waals surface area contributed by atoms with Gasteiger partial charge in [-0.05, 0) is 36.8 Å². The topological polar surface area (TPSA) is 88.8 Å². The van der Waals surface area contributed by atoms with Crippen LogP contribution in [0.25, 0.3) is 11.0 Å². The first-order valence-electron chi connectivity index (χ1n) is 8.13. The highest BCUT2D eigenvalue weighted by Gasteiger charge is 2.23. The van der Waals surface area contributed by atoms with E-state index in [2.05, 4.69) is 5.32 Å². The van der Waals surface area contributed by atoms with Crippen LogP contribution in [0.4, 0.5) is 0 Å². The molecule has 6 nitrogen and oxygen atoms in total. The molecule has 134 valence electrons. The minimum absolute atomic E-state index is 0.0587. The van der Waals surface area contributed by atoms with Crippen molar-refractivity contribution < 1.29 is 23.8 Å². The van der Waals surface area contributed by atoms with Crippen molar-refractivity contribution in [2.24, 2.45) is 0 Å². The number of carbonyl (C=O) groups is 2. The third-order valence-corrected chi connectivity index (χ3v) is 4.11. The maximum Gasteiger partial charge on any atom is 0.326 e. The number of hydrogen-bond acceptors (Lipinski definition) is 4. The number of benzene rings is 2. The molecule has 0 spiro atoms. The summed E-state index contributed by atoms with van der Waals surface area (Å²) in [6.07, 6.45) is 0.190. The third-order valence-electron chi connectivity index (χ3n) is 4.11. The molecule has 3 rings (SSSR count). The van der Waals surface area contributed by atoms with Gasteiger partial charge in [-0.15, -0.1) is 0 Å². The summed E-state index contributed by atoms with van der Waals surface area (Å²) in [6, 6.07) is 13.2. The molecule has 0 radical (unpaired) electrons. The molecule has 0 saturated heterocycles. The first kappa shape index (κ1) is 17.5. The second kappa shape index (κ2) is 7.31. The molecule has 26 heavy (non-hydrogen) atoms. The summed E-state index contributed by atoms with van der Waals surface area (Å²) in [4.78, 5) is 24.0. The summed E-state index contributed by atoms with van der Waals surface area (Å²) < 4.78 is 10.7. The minimum Gasteiger partial charge on any atom is -0.497 e. The van der Waals surface area contributed by atoms with Crippen molar-refractivity contribution in [2.45, 2.75) is 19.4 Å². The van der Waals surface area contributed by atoms with Crippen molar-refractivity contribution in [3.63, 3.8) is 0 Å². The van der Waals surface area contributed by atoms with Crippen molar-refractivity contribution in [1.82, 2.24) is 5.32 Å². The highest BCUT2D eigenvalue weighted by molar-refractivity contribution is 5.98. The maximum absolute atomic E-state index is 12.4. The second-order valence-corrected chi connectivity index (χ2v) is 6.07. The average Bonchev–Trinajstić information content (AvgIpc) is 3.06. The summed E-state index contributed by atoms with van der Waals surface area (Å²) in [6.45, 7) is 1.96. The number of amides is 1. The Morgan fingerprint density at radius 1 is 1.15 bits per heavy atom. The number of methoxy groups -OCH3 is 1. The first-order chi connectivity index (χ1) is 12.5. The number of fused-ring (bicyclic) bond motifs is 1. The number of nitrogens with one attached hydrogen (secondary N) is 1. The smallest absolute Gasteiger partial charge is 0.326 e. The van der Waals surface area contributed by atoms with Gasteiger partial charge < -0.3 is 19.6 Å². The lowest BCUT2D eigenvalue weighted by Gasteiger charge is -2.13. The van der Waals surface area contributed by atoms with Gasteiger partial charge in [0.15, 0.2) is 5.76 Å². The van der Waals surface area contributed by atoms with Crippen LogP contribution >= 0.6 is 0 Å². The number of carbonyl (C=O) groups excluding carboxylic acids is 1. The zero-order valence-corrected chi connectivity index (χ0v) is 14.5. The Hall–Kier alpha value is -3.28. The highest BCUT2D eigenvalue weighted by Crippen LogP contribution is 2.24. The van der Waals surface area contributed by atoms with Crippen LogP contribution in [0.3, 0.4) is 0 Å². The molecule has 0 aliphatic heterocycles. The van der Waals surface area contributed by atoms with E-state index < -0.39 is 17.9 Å². The predicted octanol–water partition coefficient (Wildman–Crippen LogP) is 3.18. The summed E-state index contributed by atoms with van der Waals surface area (Å²) in [5, 5.41) is 12.7. The molecule has 2 aromatic carbocycles. The van der Waals surface area contributed by atoms with E-state index in [4.69, 9.17) is 9.15 Å². The molecule has 1 atom stereocenters. The Morgan fingerprint density at radius 2 is 1.88 bits per heavy atom. The van der Waals surface area contributed by atoms with E-state index in [1.165, 1.54) is 0 Å². The quantitative estimate of drug-likeness (QED) is 0.710. The largest absolute Gasteiger partial charge is 0.497 e. The molecule has 3 aromatic rings. The molecule has 0 aliphatic carbocycles. The molecule has 2 N–H and O–H groups in total. The van der Waals surface area contributed by atoms with Crippen LogP contribution in [0.1, 0.15) is 21.7 Å². The summed E-state index contributed by atoms with van der Waals surface area (Å²) in [5.41, 5.74) is 2.45. The summed E-state index contributed by atoms with van der Waals surface area (Å²) >= 11 is 0. The molecule has 0 aliphatic rings. The van der Waals surface area contributed by atoms with Crippen LogP contribution in [-0.4, -0.2) is 30.1 Å². The number of furan rings is 1. The van der Waals surface area contributed by atoms with E-state index in [0.29, 0.717) is 16.7 Å². The summed E-state index contributed by atoms with van der Waals surface area (Å²) in [5.74, 6) is -0.965. The van der Waals surface area contributed by atoms with Gasteiger partial charge in [0.1, 0.15) is 17.4 Å². The molecule has 0 bridgehead atoms. The number of rotatable bonds is 6. The zero-order valence-electron chi connectivity index (χ0n) is 14.5. The lowest BCUT2D eigenvalue weighted by molar-refractivity contribution is -0.139. The van der Waals surface area contributed by atoms with Gasteiger partial charge in [0.25, 0.3) is 5.91 Å². The zero-order chi connectivity index (χ0) is 18.7. The van der Waals surface area contributed by atoms with Crippen LogP contribution in [0.2, 0.25) is 0 Å². The number of carboxylic acids is 1. The van der Waals surface area contributed by atoms with E-state index in [1.807, 2.05) is 31.2 Å². The minimum atomic E-state index is -1.10. The van der Waals surface area contributed by atoms with Gasteiger partial charge in [-0.3, -0.25) is 4.79 Å². The Labute approximate surface area is 150 Å². The fourth-order valence-electron chi connectivity index (χ4n) is 2.65. The van der Waals surface area contributed by atoms with Gasteiger partial charge in [0.05, 0.1) is 7.11 Å². The number of aliphatic carboxylic acids is 1. The first-order valence-corrected chi connectivity index (χ1v) is 8.13. The van der Waals surface area contributed by atoms with Crippen molar-refractivity contribution >= 4 is 22.8 Å². The second-order valence-electron chi connectivity index (χ2n) is 6.07. The van der Waals surface area contributed by atoms with Gasteiger partial charge in [-0.25, -0.2) is 4.79 Å². The monoisotopic (exact) mass is 353 g/mol. The van der Waals surface area contributed by atoms with Gasteiger partial charge >= 0.3 is 5.97 Å². The van der Waals surface area contributed by atoms with E-state index in [1.54, 1.807) is 31.4 Å². The van der Waals surface area contributed by atoms with Gasteiger partial charge in [0.2, 0.25) is 0 Å². The molecule has 1 aromatic heterocycles. The average molecular weight is 353 g/mol. The molecule has 1 unspecified atom stereocenters. The van der Waals surface area contributed by atoms with Crippen LogP contribution in [0.5, 0.6) is 5.75 Å². The molecular formula is C20H19NO5. The molecule has 1 amide bonds. The number of carboxylic acid groups (broad SMARTS) is 1. The SMILES string of the molecule is COc1ccc2oc(C(=O)NC(Cc3ccc(C)cc3)C(=O)O)cc2c1. The highest BCUT2D eigenvalue weighted by atomic mass is 16.5. The van der Waals surface area contributed by atoms with Crippen molar-refractivity contribution in [3.8, 4) is 5.75 Å². The van der Waals surface area contributed by atoms with Gasteiger partial charge in [-0.2, -0.15) is 0 Å². The number of aryl methyl sites for hydroxylation is 1. The lowest BCUT2D eigenvalue weighted by Crippen LogP contribution is -2.42. The third kappa shape index (κ3) is 3.85. The Morgan fingerprint density at radius 3 is 2.54 bits per heavy atom. The van der Waals surface area contributed by atoms with E-state index in [9.17, 15) is 14.7 Å². The van der Waals surface area contributed by atoms with Crippen molar-refractivity contribution in [1.29, 1.82) is 0 Å². The van der Waals surface area contributed by atoms with Crippen LogP contribution in [0, 0.1) is 6.92 Å². The van der Waals surface area contributed by atoms with Gasteiger partial charge in [0, 0.05) is 11.8 Å². The van der Waals surface area contributed by atoms with Gasteiger partial charge in [-0.1, -0.05) is 29.8 Å². The lowest BCUT2D eigenvalue weighted by atomic mass is 10.0. The molecule has 1 heterocycles. The Kier molecular flexibility index (Phi) is 4.93. The predicted molar refractivity (Wildman–Crippen MR) is 96.5 cm³/mol. The Balaban J connectivity index is 1.77. The Bertz CT molecular complexity index is 942. The van der Waals surface area contributed by atoms with Crippen LogP contribution in [-0.2, 0) is 11.2 Å². The number of ether oxygens (including phenoxy) is 1. The fourth-order valence-corrected chi connectivity index (χ4v) is 2.65. The molecule has 0 fully saturated rings. The normalized spacial score (nSPS) is 11.9. The van der Waals surface area contributed by atoms with Crippen LogP contribution in [0.15, 0.2) is 52.9 Å². The van der Waals surface area contributed by atoms with Crippen molar-refractivity contribution in [2.75, 3.05) is 7.11 Å². The summed E-state index contributed by atoms with van der Waals surface area (Å²) in [7, 11) is 1.55. The standard InChI is InChI=1S/C20H19NO5/c1-12-3-5-13(6-4-12)9-16(20(23)24)21-19(22)18-11-14-10-15(25-2)7-8-17(14)26-18/h3-8,10-11,16H,9H2,1-2H3,(H,21,22)(H,23,24). The van der Waals surface area contributed by atoms with Crippen LogP contribution < -0.4 is 10.1 Å². The number of hydrogen-bond donors (Lipinski definition) is 2. The van der Waals surface area contributed by atoms with Crippen molar-refractivity contribution in [3.05, 3.63) is 65.4 Å².